The Morgan fingerprint density at radius 1 is 1.42 bits per heavy atom. The maximum Gasteiger partial charge on any atom is 0.160 e. The third kappa shape index (κ3) is 2.85. The fourth-order valence-corrected chi connectivity index (χ4v) is 2.22. The summed E-state index contributed by atoms with van der Waals surface area (Å²) in [4.78, 5) is 12.2. The molecular weight excluding hydrogens is 262 g/mol. The number of rotatable bonds is 4. The van der Waals surface area contributed by atoms with Crippen LogP contribution < -0.4 is 5.73 Å². The molecule has 100 valence electrons. The van der Waals surface area contributed by atoms with Gasteiger partial charge in [0.1, 0.15) is 0 Å². The molecule has 5 heteroatoms. The lowest BCUT2D eigenvalue weighted by Gasteiger charge is -2.11. The van der Waals surface area contributed by atoms with Crippen LogP contribution in [0.3, 0.4) is 0 Å². The number of ketones is 1. The van der Waals surface area contributed by atoms with Crippen LogP contribution in [0.15, 0.2) is 30.3 Å². The number of halogens is 1. The summed E-state index contributed by atoms with van der Waals surface area (Å²) in [5.41, 5.74) is 8.21. The largest absolute Gasteiger partial charge is 0.318 e. The van der Waals surface area contributed by atoms with E-state index in [0.717, 1.165) is 11.3 Å². The van der Waals surface area contributed by atoms with Gasteiger partial charge in [0.05, 0.1) is 28.9 Å². The van der Waals surface area contributed by atoms with E-state index in [1.54, 1.807) is 11.7 Å². The molecule has 0 saturated heterocycles. The van der Waals surface area contributed by atoms with Gasteiger partial charge in [-0.2, -0.15) is 5.10 Å². The molecule has 0 unspecified atom stereocenters. The molecule has 2 N–H and O–H groups in total. The second-order valence-electron chi connectivity index (χ2n) is 4.50. The summed E-state index contributed by atoms with van der Waals surface area (Å²) in [6, 6.07) is 8.68. The maximum absolute atomic E-state index is 12.2. The third-order valence-electron chi connectivity index (χ3n) is 3.11. The fraction of sp³-hybridized carbons (Fsp3) is 0.286. The summed E-state index contributed by atoms with van der Waals surface area (Å²) in [6.07, 6.45) is 0.187. The molecular formula is C14H16ClN3O. The molecule has 0 amide bonds. The number of hydrogen-bond acceptors (Lipinski definition) is 3. The van der Waals surface area contributed by atoms with E-state index in [4.69, 9.17) is 17.3 Å². The molecule has 0 aliphatic rings. The van der Waals surface area contributed by atoms with Crippen LogP contribution in [-0.4, -0.2) is 15.6 Å². The number of Topliss-reactive ketones (excluding diaryl/α,β-unsaturated/α-hetero) is 1. The van der Waals surface area contributed by atoms with Crippen molar-refractivity contribution in [2.24, 2.45) is 12.8 Å². The first-order valence-electron chi connectivity index (χ1n) is 6.02. The molecule has 0 spiro atoms. The standard InChI is InChI=1S/C14H16ClN3O/c1-9-13(15)11(18(2)17-9)8-12(19)14(16)10-6-4-3-5-7-10/h3-7,14H,8,16H2,1-2H3/t14-/m1/s1. The maximum atomic E-state index is 12.2. The first-order chi connectivity index (χ1) is 9.00. The Morgan fingerprint density at radius 3 is 2.58 bits per heavy atom. The predicted octanol–water partition coefficient (Wildman–Crippen LogP) is 2.19. The zero-order valence-corrected chi connectivity index (χ0v) is 11.7. The molecule has 2 aromatic rings. The monoisotopic (exact) mass is 277 g/mol. The molecule has 1 heterocycles. The van der Waals surface area contributed by atoms with Crippen molar-refractivity contribution >= 4 is 17.4 Å². The van der Waals surface area contributed by atoms with Gasteiger partial charge in [-0.15, -0.1) is 0 Å². The van der Waals surface area contributed by atoms with Gasteiger partial charge >= 0.3 is 0 Å². The SMILES string of the molecule is Cc1nn(C)c(CC(=O)[C@H](N)c2ccccc2)c1Cl. The molecule has 2 rings (SSSR count). The second kappa shape index (κ2) is 5.55. The van der Waals surface area contributed by atoms with Gasteiger partial charge in [0, 0.05) is 7.05 Å². The summed E-state index contributed by atoms with van der Waals surface area (Å²) in [5.74, 6) is -0.0731. The first-order valence-corrected chi connectivity index (χ1v) is 6.39. The molecule has 4 nitrogen and oxygen atoms in total. The first kappa shape index (κ1) is 13.8. The Kier molecular flexibility index (Phi) is 4.02. The van der Waals surface area contributed by atoms with E-state index < -0.39 is 6.04 Å². The molecule has 0 aliphatic carbocycles. The Bertz CT molecular complexity index is 592. The van der Waals surface area contributed by atoms with Gasteiger partial charge in [-0.05, 0) is 12.5 Å². The van der Waals surface area contributed by atoms with Crippen LogP contribution in [-0.2, 0) is 18.3 Å². The lowest BCUT2D eigenvalue weighted by atomic mass is 10.0. The van der Waals surface area contributed by atoms with Crippen molar-refractivity contribution in [3.05, 3.63) is 52.3 Å². The van der Waals surface area contributed by atoms with E-state index in [1.165, 1.54) is 0 Å². The number of benzene rings is 1. The lowest BCUT2D eigenvalue weighted by molar-refractivity contribution is -0.119. The van der Waals surface area contributed by atoms with Crippen molar-refractivity contribution in [3.8, 4) is 0 Å². The van der Waals surface area contributed by atoms with E-state index in [9.17, 15) is 4.79 Å². The fourth-order valence-electron chi connectivity index (χ4n) is 1.99. The Morgan fingerprint density at radius 2 is 2.05 bits per heavy atom. The molecule has 0 bridgehead atoms. The number of carbonyl (C=O) groups is 1. The van der Waals surface area contributed by atoms with Crippen LogP contribution in [0.4, 0.5) is 0 Å². The minimum absolute atomic E-state index is 0.0731. The number of hydrogen-bond donors (Lipinski definition) is 1. The highest BCUT2D eigenvalue weighted by Gasteiger charge is 2.20. The molecule has 19 heavy (non-hydrogen) atoms. The van der Waals surface area contributed by atoms with E-state index in [0.29, 0.717) is 10.7 Å². The van der Waals surface area contributed by atoms with Gasteiger partial charge in [0.2, 0.25) is 0 Å². The number of nitrogens with zero attached hydrogens (tertiary/aromatic N) is 2. The highest BCUT2D eigenvalue weighted by atomic mass is 35.5. The third-order valence-corrected chi connectivity index (χ3v) is 3.60. The minimum atomic E-state index is -0.632. The quantitative estimate of drug-likeness (QED) is 0.932. The summed E-state index contributed by atoms with van der Waals surface area (Å²) >= 11 is 6.13. The molecule has 1 atom stereocenters. The van der Waals surface area contributed by atoms with Crippen molar-refractivity contribution in [3.63, 3.8) is 0 Å². The molecule has 0 saturated carbocycles. The number of aromatic nitrogens is 2. The van der Waals surface area contributed by atoms with Gasteiger partial charge in [-0.1, -0.05) is 41.9 Å². The molecule has 0 aliphatic heterocycles. The normalized spacial score (nSPS) is 12.4. The highest BCUT2D eigenvalue weighted by Crippen LogP contribution is 2.22. The highest BCUT2D eigenvalue weighted by molar-refractivity contribution is 6.32. The smallest absolute Gasteiger partial charge is 0.160 e. The van der Waals surface area contributed by atoms with Crippen molar-refractivity contribution in [2.75, 3.05) is 0 Å². The van der Waals surface area contributed by atoms with Crippen LogP contribution in [0.5, 0.6) is 0 Å². The predicted molar refractivity (Wildman–Crippen MR) is 75.0 cm³/mol. The Labute approximate surface area is 117 Å². The molecule has 0 fully saturated rings. The molecule has 1 aromatic carbocycles. The molecule has 0 radical (unpaired) electrons. The van der Waals surface area contributed by atoms with Gasteiger partial charge in [-0.3, -0.25) is 9.48 Å². The van der Waals surface area contributed by atoms with Crippen molar-refractivity contribution in [2.45, 2.75) is 19.4 Å². The zero-order chi connectivity index (χ0) is 14.0. The van der Waals surface area contributed by atoms with Gasteiger partial charge in [0.25, 0.3) is 0 Å². The zero-order valence-electron chi connectivity index (χ0n) is 10.9. The summed E-state index contributed by atoms with van der Waals surface area (Å²) in [6.45, 7) is 1.81. The number of aryl methyl sites for hydroxylation is 2. The summed E-state index contributed by atoms with van der Waals surface area (Å²) < 4.78 is 1.63. The van der Waals surface area contributed by atoms with Gasteiger partial charge < -0.3 is 5.73 Å². The number of nitrogens with two attached hydrogens (primary N) is 1. The van der Waals surface area contributed by atoms with Crippen LogP contribution >= 0.6 is 11.6 Å². The Balaban J connectivity index is 2.18. The Hall–Kier alpha value is -1.65. The average Bonchev–Trinajstić information content (AvgIpc) is 2.65. The van der Waals surface area contributed by atoms with Crippen LogP contribution in [0.1, 0.15) is 23.0 Å². The van der Waals surface area contributed by atoms with Crippen molar-refractivity contribution in [1.29, 1.82) is 0 Å². The summed E-state index contributed by atoms with van der Waals surface area (Å²) in [5, 5.41) is 4.73. The van der Waals surface area contributed by atoms with E-state index in [2.05, 4.69) is 5.10 Å². The van der Waals surface area contributed by atoms with E-state index in [-0.39, 0.29) is 12.2 Å². The van der Waals surface area contributed by atoms with E-state index >= 15 is 0 Å². The lowest BCUT2D eigenvalue weighted by Crippen LogP contribution is -2.24. The number of carbonyl (C=O) groups excluding carboxylic acids is 1. The topological polar surface area (TPSA) is 60.9 Å². The summed E-state index contributed by atoms with van der Waals surface area (Å²) in [7, 11) is 1.77. The average molecular weight is 278 g/mol. The van der Waals surface area contributed by atoms with Gasteiger partial charge in [0.15, 0.2) is 5.78 Å². The van der Waals surface area contributed by atoms with Crippen molar-refractivity contribution in [1.82, 2.24) is 9.78 Å². The molecule has 1 aromatic heterocycles. The van der Waals surface area contributed by atoms with Crippen LogP contribution in [0.25, 0.3) is 0 Å². The van der Waals surface area contributed by atoms with Crippen LogP contribution in [0, 0.1) is 6.92 Å². The van der Waals surface area contributed by atoms with Crippen molar-refractivity contribution < 1.29 is 4.79 Å². The second-order valence-corrected chi connectivity index (χ2v) is 4.88. The minimum Gasteiger partial charge on any atom is -0.318 e. The van der Waals surface area contributed by atoms with Gasteiger partial charge in [-0.25, -0.2) is 0 Å². The van der Waals surface area contributed by atoms with E-state index in [1.807, 2.05) is 37.3 Å². The van der Waals surface area contributed by atoms with Crippen LogP contribution in [0.2, 0.25) is 5.02 Å².